The number of ether oxygens (including phenoxy) is 1. The van der Waals surface area contributed by atoms with Crippen LogP contribution < -0.4 is 0 Å². The minimum absolute atomic E-state index is 0.712. The molecule has 0 unspecified atom stereocenters. The zero-order chi connectivity index (χ0) is 6.95. The second kappa shape index (κ2) is 7.70. The Labute approximate surface area is 57.7 Å². The largest absolute Gasteiger partial charge is 0.377 e. The van der Waals surface area contributed by atoms with Gasteiger partial charge in [-0.3, -0.25) is 0 Å². The number of hydrogen-bond acceptors (Lipinski definition) is 1. The maximum Gasteiger partial charge on any atom is 0.0647 e. The van der Waals surface area contributed by atoms with Gasteiger partial charge in [-0.05, 0) is 13.3 Å². The minimum Gasteiger partial charge on any atom is -0.377 e. The second-order valence-electron chi connectivity index (χ2n) is 1.90. The van der Waals surface area contributed by atoms with Gasteiger partial charge in [0.15, 0.2) is 0 Å². The molecule has 9 heavy (non-hydrogen) atoms. The van der Waals surface area contributed by atoms with Crippen LogP contribution in [0.4, 0.5) is 0 Å². The molecule has 1 nitrogen and oxygen atoms in total. The average Bonchev–Trinajstić information content (AvgIpc) is 1.89. The molecule has 0 rings (SSSR count). The molecule has 0 bridgehead atoms. The average molecular weight is 127 g/mol. The molecule has 53 valence electrons. The van der Waals surface area contributed by atoms with Crippen molar-refractivity contribution in [3.63, 3.8) is 0 Å². The van der Waals surface area contributed by atoms with Crippen LogP contribution in [0.3, 0.4) is 0 Å². The summed E-state index contributed by atoms with van der Waals surface area (Å²) in [5, 5.41) is 0. The molecular weight excluding hydrogens is 112 g/mol. The van der Waals surface area contributed by atoms with Crippen molar-refractivity contribution in [2.75, 3.05) is 13.2 Å². The monoisotopic (exact) mass is 127 g/mol. The Morgan fingerprint density at radius 2 is 2.33 bits per heavy atom. The summed E-state index contributed by atoms with van der Waals surface area (Å²) < 4.78 is 5.19. The number of rotatable bonds is 5. The standard InChI is InChI=1S/C8H15O/c1-3-5-7-9-8-6-4-2/h3,5H,1,4,6-8H2,2H3. The molecule has 0 amide bonds. The van der Waals surface area contributed by atoms with Crippen molar-refractivity contribution >= 4 is 0 Å². The summed E-state index contributed by atoms with van der Waals surface area (Å²) in [6.07, 6.45) is 6.03. The third kappa shape index (κ3) is 7.70. The van der Waals surface area contributed by atoms with E-state index in [2.05, 4.69) is 13.8 Å². The first-order valence-electron chi connectivity index (χ1n) is 3.43. The summed E-state index contributed by atoms with van der Waals surface area (Å²) in [5.74, 6) is 0. The summed E-state index contributed by atoms with van der Waals surface area (Å²) in [6.45, 7) is 7.28. The van der Waals surface area contributed by atoms with Gasteiger partial charge >= 0.3 is 0 Å². The molecule has 0 fully saturated rings. The molecule has 0 saturated heterocycles. The molecule has 0 heterocycles. The van der Waals surface area contributed by atoms with Gasteiger partial charge in [0.2, 0.25) is 0 Å². The Balaban J connectivity index is 2.75. The predicted octanol–water partition coefficient (Wildman–Crippen LogP) is 2.19. The predicted molar refractivity (Wildman–Crippen MR) is 40.2 cm³/mol. The molecule has 0 aromatic rings. The highest BCUT2D eigenvalue weighted by Crippen LogP contribution is 1.87. The van der Waals surface area contributed by atoms with E-state index >= 15 is 0 Å². The number of unbranched alkanes of at least 4 members (excludes halogenated alkanes) is 1. The van der Waals surface area contributed by atoms with E-state index in [1.54, 1.807) is 6.08 Å². The molecule has 0 aromatic carbocycles. The van der Waals surface area contributed by atoms with E-state index in [4.69, 9.17) is 4.74 Å². The number of allylic oxidation sites excluding steroid dienone is 1. The molecule has 0 N–H and O–H groups in total. The molecule has 0 aliphatic rings. The summed E-state index contributed by atoms with van der Waals surface area (Å²) in [5.41, 5.74) is 0. The molecule has 1 heteroatoms. The smallest absolute Gasteiger partial charge is 0.0647 e. The van der Waals surface area contributed by atoms with E-state index in [0.29, 0.717) is 6.61 Å². The Kier molecular flexibility index (Phi) is 7.44. The van der Waals surface area contributed by atoms with Gasteiger partial charge in [-0.15, -0.1) is 0 Å². The Hall–Kier alpha value is -0.300. The van der Waals surface area contributed by atoms with E-state index in [1.807, 2.05) is 6.08 Å². The maximum atomic E-state index is 5.19. The first kappa shape index (κ1) is 8.70. The van der Waals surface area contributed by atoms with E-state index in [1.165, 1.54) is 6.42 Å². The molecule has 0 atom stereocenters. The van der Waals surface area contributed by atoms with Crippen LogP contribution in [0.25, 0.3) is 0 Å². The minimum atomic E-state index is 0.712. The lowest BCUT2D eigenvalue weighted by Gasteiger charge is -1.96. The van der Waals surface area contributed by atoms with Gasteiger partial charge in [0, 0.05) is 6.61 Å². The Morgan fingerprint density at radius 1 is 1.56 bits per heavy atom. The Morgan fingerprint density at radius 3 is 2.89 bits per heavy atom. The van der Waals surface area contributed by atoms with Crippen molar-refractivity contribution in [1.82, 2.24) is 0 Å². The SMILES string of the molecule is [CH2]C=CCOCCCC. The zero-order valence-corrected chi connectivity index (χ0v) is 6.10. The van der Waals surface area contributed by atoms with Gasteiger partial charge in [0.05, 0.1) is 6.61 Å². The van der Waals surface area contributed by atoms with Crippen LogP contribution in [0.1, 0.15) is 19.8 Å². The lowest BCUT2D eigenvalue weighted by molar-refractivity contribution is 0.159. The molecule has 0 aromatic heterocycles. The van der Waals surface area contributed by atoms with Gasteiger partial charge in [-0.1, -0.05) is 25.5 Å². The van der Waals surface area contributed by atoms with Crippen LogP contribution in [0.5, 0.6) is 0 Å². The summed E-state index contributed by atoms with van der Waals surface area (Å²) in [4.78, 5) is 0. The highest BCUT2D eigenvalue weighted by atomic mass is 16.5. The molecule has 1 radical (unpaired) electrons. The van der Waals surface area contributed by atoms with Crippen LogP contribution in [0.2, 0.25) is 0 Å². The Bertz CT molecular complexity index is 67.0. The maximum absolute atomic E-state index is 5.19. The normalized spacial score (nSPS) is 10.9. The first-order chi connectivity index (χ1) is 4.41. The summed E-state index contributed by atoms with van der Waals surface area (Å²) >= 11 is 0. The second-order valence-corrected chi connectivity index (χ2v) is 1.90. The van der Waals surface area contributed by atoms with Crippen LogP contribution in [-0.4, -0.2) is 13.2 Å². The van der Waals surface area contributed by atoms with Gasteiger partial charge < -0.3 is 4.74 Å². The summed E-state index contributed by atoms with van der Waals surface area (Å²) in [6, 6.07) is 0. The van der Waals surface area contributed by atoms with Crippen molar-refractivity contribution in [3.8, 4) is 0 Å². The van der Waals surface area contributed by atoms with Crippen LogP contribution in [-0.2, 0) is 4.74 Å². The zero-order valence-electron chi connectivity index (χ0n) is 6.10. The fourth-order valence-corrected chi connectivity index (χ4v) is 0.466. The molecular formula is C8H15O. The van der Waals surface area contributed by atoms with Crippen LogP contribution in [0, 0.1) is 6.92 Å². The van der Waals surface area contributed by atoms with Crippen LogP contribution in [0.15, 0.2) is 12.2 Å². The molecule has 0 spiro atoms. The van der Waals surface area contributed by atoms with Crippen molar-refractivity contribution < 1.29 is 4.74 Å². The van der Waals surface area contributed by atoms with E-state index < -0.39 is 0 Å². The third-order valence-corrected chi connectivity index (χ3v) is 1.02. The fraction of sp³-hybridized carbons (Fsp3) is 0.625. The van der Waals surface area contributed by atoms with Crippen LogP contribution >= 0.6 is 0 Å². The van der Waals surface area contributed by atoms with Gasteiger partial charge in [0.25, 0.3) is 0 Å². The quantitative estimate of drug-likeness (QED) is 0.514. The van der Waals surface area contributed by atoms with Gasteiger partial charge in [0.1, 0.15) is 0 Å². The summed E-state index contributed by atoms with van der Waals surface area (Å²) in [7, 11) is 0. The van der Waals surface area contributed by atoms with Crippen molar-refractivity contribution in [3.05, 3.63) is 19.1 Å². The highest BCUT2D eigenvalue weighted by molar-refractivity contribution is 4.83. The third-order valence-electron chi connectivity index (χ3n) is 1.02. The lowest BCUT2D eigenvalue weighted by atomic mass is 10.4. The molecule has 0 aliphatic heterocycles. The van der Waals surface area contributed by atoms with Crippen molar-refractivity contribution in [2.24, 2.45) is 0 Å². The number of hydrogen-bond donors (Lipinski definition) is 0. The van der Waals surface area contributed by atoms with E-state index in [0.717, 1.165) is 13.0 Å². The van der Waals surface area contributed by atoms with Gasteiger partial charge in [-0.25, -0.2) is 0 Å². The fourth-order valence-electron chi connectivity index (χ4n) is 0.466. The molecule has 0 aliphatic carbocycles. The van der Waals surface area contributed by atoms with Crippen molar-refractivity contribution in [2.45, 2.75) is 19.8 Å². The lowest BCUT2D eigenvalue weighted by Crippen LogP contribution is -1.92. The van der Waals surface area contributed by atoms with E-state index in [9.17, 15) is 0 Å². The topological polar surface area (TPSA) is 9.23 Å². The van der Waals surface area contributed by atoms with Crippen molar-refractivity contribution in [1.29, 1.82) is 0 Å². The first-order valence-corrected chi connectivity index (χ1v) is 3.43. The highest BCUT2D eigenvalue weighted by Gasteiger charge is 1.80. The van der Waals surface area contributed by atoms with E-state index in [-0.39, 0.29) is 0 Å². The van der Waals surface area contributed by atoms with Gasteiger partial charge in [-0.2, -0.15) is 0 Å². The molecule has 0 saturated carbocycles.